The number of hydrogen-bond donors (Lipinski definition) is 2. The van der Waals surface area contributed by atoms with Gasteiger partial charge in [0.1, 0.15) is 5.82 Å². The van der Waals surface area contributed by atoms with E-state index in [0.29, 0.717) is 29.9 Å². The fraction of sp³-hybridized carbons (Fsp3) is 0.143. The van der Waals surface area contributed by atoms with Gasteiger partial charge in [0.05, 0.1) is 17.3 Å². The summed E-state index contributed by atoms with van der Waals surface area (Å²) in [4.78, 5) is 34.2. The molecule has 1 aliphatic carbocycles. The lowest BCUT2D eigenvalue weighted by Gasteiger charge is -2.19. The van der Waals surface area contributed by atoms with Gasteiger partial charge in [-0.25, -0.2) is 4.98 Å². The van der Waals surface area contributed by atoms with E-state index >= 15 is 0 Å². The second kappa shape index (κ2) is 6.74. The molecule has 0 saturated heterocycles. The van der Waals surface area contributed by atoms with Gasteiger partial charge < -0.3 is 10.6 Å². The first-order chi connectivity index (χ1) is 13.9. The Morgan fingerprint density at radius 1 is 1.10 bits per heavy atom. The zero-order valence-corrected chi connectivity index (χ0v) is 18.2. The maximum Gasteiger partial charge on any atom is 0.255 e. The smallest absolute Gasteiger partial charge is 0.255 e. The molecule has 3 aromatic rings. The number of aromatic nitrogens is 2. The van der Waals surface area contributed by atoms with Gasteiger partial charge >= 0.3 is 0 Å². The van der Waals surface area contributed by atoms with Crippen LogP contribution in [0.5, 0.6) is 0 Å². The van der Waals surface area contributed by atoms with Crippen molar-refractivity contribution in [2.75, 3.05) is 10.6 Å². The number of anilines is 2. The third-order valence-electron chi connectivity index (χ3n) is 5.39. The molecule has 1 unspecified atom stereocenters. The molecule has 1 aliphatic heterocycles. The Balaban J connectivity index is 1.43. The van der Waals surface area contributed by atoms with Crippen molar-refractivity contribution < 1.29 is 9.59 Å². The molecule has 0 radical (unpaired) electrons. The van der Waals surface area contributed by atoms with Crippen molar-refractivity contribution in [1.82, 2.24) is 9.97 Å². The molecule has 1 spiro atoms. The summed E-state index contributed by atoms with van der Waals surface area (Å²) in [6, 6.07) is 11.1. The first-order valence-electron chi connectivity index (χ1n) is 8.97. The molecule has 0 fully saturated rings. The first kappa shape index (κ1) is 18.4. The van der Waals surface area contributed by atoms with Crippen LogP contribution in [-0.4, -0.2) is 21.8 Å². The Morgan fingerprint density at radius 2 is 1.90 bits per heavy atom. The second-order valence-electron chi connectivity index (χ2n) is 7.23. The Morgan fingerprint density at radius 3 is 2.69 bits per heavy atom. The van der Waals surface area contributed by atoms with E-state index in [0.717, 1.165) is 25.8 Å². The molecule has 1 atom stereocenters. The largest absolute Gasteiger partial charge is 0.321 e. The molecule has 0 saturated carbocycles. The molecular weight excluding hydrogens is 500 g/mol. The molecular formula is C21H14Br2N4O2. The van der Waals surface area contributed by atoms with E-state index in [2.05, 4.69) is 52.5 Å². The molecule has 2 aromatic heterocycles. The number of fused-ring (bicyclic) bond motifs is 3. The zero-order chi connectivity index (χ0) is 20.2. The number of pyridine rings is 2. The van der Waals surface area contributed by atoms with Crippen molar-refractivity contribution >= 4 is 55.2 Å². The summed E-state index contributed by atoms with van der Waals surface area (Å²) in [6.45, 7) is 0. The average molecular weight is 514 g/mol. The van der Waals surface area contributed by atoms with Crippen LogP contribution in [0, 0.1) is 0 Å². The van der Waals surface area contributed by atoms with Crippen molar-refractivity contribution in [3.8, 4) is 0 Å². The summed E-state index contributed by atoms with van der Waals surface area (Å²) in [5.41, 5.74) is 3.21. The van der Waals surface area contributed by atoms with Crippen molar-refractivity contribution in [3.63, 3.8) is 0 Å². The summed E-state index contributed by atoms with van der Waals surface area (Å²) < 4.78 is 1.62. The van der Waals surface area contributed by atoms with Crippen LogP contribution in [0.15, 0.2) is 57.7 Å². The molecule has 5 rings (SSSR count). The highest BCUT2D eigenvalue weighted by Crippen LogP contribution is 2.46. The van der Waals surface area contributed by atoms with Crippen molar-refractivity contribution in [3.05, 3.63) is 80.1 Å². The summed E-state index contributed by atoms with van der Waals surface area (Å²) in [5.74, 6) is 0.349. The van der Waals surface area contributed by atoms with E-state index in [1.54, 1.807) is 24.5 Å². The van der Waals surface area contributed by atoms with Crippen LogP contribution < -0.4 is 10.6 Å². The zero-order valence-electron chi connectivity index (χ0n) is 15.0. The molecule has 29 heavy (non-hydrogen) atoms. The summed E-state index contributed by atoms with van der Waals surface area (Å²) in [5, 5.41) is 5.78. The number of carbonyl (C=O) groups excluding carboxylic acids is 2. The number of nitrogens with zero attached hydrogens (tertiary/aromatic N) is 2. The summed E-state index contributed by atoms with van der Waals surface area (Å²) in [7, 11) is 0. The lowest BCUT2D eigenvalue weighted by molar-refractivity contribution is -0.120. The number of amides is 2. The van der Waals surface area contributed by atoms with Gasteiger partial charge in [0.25, 0.3) is 5.91 Å². The monoisotopic (exact) mass is 512 g/mol. The average Bonchev–Trinajstić information content (AvgIpc) is 3.19. The van der Waals surface area contributed by atoms with Gasteiger partial charge in [-0.2, -0.15) is 0 Å². The van der Waals surface area contributed by atoms with Crippen LogP contribution in [-0.2, 0) is 23.1 Å². The minimum Gasteiger partial charge on any atom is -0.321 e. The van der Waals surface area contributed by atoms with Crippen molar-refractivity contribution in [2.45, 2.75) is 18.3 Å². The van der Waals surface area contributed by atoms with Gasteiger partial charge in [-0.1, -0.05) is 37.9 Å². The highest BCUT2D eigenvalue weighted by molar-refractivity contribution is 9.11. The fourth-order valence-corrected chi connectivity index (χ4v) is 5.37. The van der Waals surface area contributed by atoms with Gasteiger partial charge in [-0.3, -0.25) is 14.6 Å². The van der Waals surface area contributed by atoms with E-state index in [1.165, 1.54) is 0 Å². The maximum atomic E-state index is 12.8. The Kier molecular flexibility index (Phi) is 4.29. The SMILES string of the molecule is O=C(Nc1cnc2c(c1)CC1(C2)C(=O)Nc2ncccc21)c1cc(Br)cc(Br)c1. The van der Waals surface area contributed by atoms with Gasteiger partial charge in [0.15, 0.2) is 0 Å². The third kappa shape index (κ3) is 3.07. The molecule has 6 nitrogen and oxygen atoms in total. The van der Waals surface area contributed by atoms with Gasteiger partial charge in [0.2, 0.25) is 5.91 Å². The minimum absolute atomic E-state index is 0.0474. The summed E-state index contributed by atoms with van der Waals surface area (Å²) >= 11 is 6.79. The second-order valence-corrected chi connectivity index (χ2v) is 9.06. The van der Waals surface area contributed by atoms with Crippen LogP contribution >= 0.6 is 31.9 Å². The first-order valence-corrected chi connectivity index (χ1v) is 10.6. The molecule has 2 amide bonds. The van der Waals surface area contributed by atoms with Crippen LogP contribution in [0.3, 0.4) is 0 Å². The van der Waals surface area contributed by atoms with E-state index in [1.807, 2.05) is 24.3 Å². The Hall–Kier alpha value is -2.58. The Bertz CT molecular complexity index is 1180. The standard InChI is InChI=1S/C21H14Br2N4O2/c22-13-4-11(5-14(23)7-13)19(28)26-15-6-12-8-21(9-17(12)25-10-15)16-2-1-3-24-18(16)27-20(21)29/h1-7,10H,8-9H2,(H,26,28)(H,24,27,29). The number of nitrogens with one attached hydrogen (secondary N) is 2. The number of benzene rings is 1. The molecule has 2 aliphatic rings. The lowest BCUT2D eigenvalue weighted by atomic mass is 9.80. The van der Waals surface area contributed by atoms with Gasteiger partial charge in [-0.05, 0) is 42.3 Å². The topological polar surface area (TPSA) is 84.0 Å². The lowest BCUT2D eigenvalue weighted by Crippen LogP contribution is -2.35. The quantitative estimate of drug-likeness (QED) is 0.536. The van der Waals surface area contributed by atoms with Crippen LogP contribution in [0.2, 0.25) is 0 Å². The predicted molar refractivity (Wildman–Crippen MR) is 116 cm³/mol. The molecule has 3 heterocycles. The van der Waals surface area contributed by atoms with Crippen LogP contribution in [0.4, 0.5) is 11.5 Å². The highest BCUT2D eigenvalue weighted by Gasteiger charge is 2.51. The number of hydrogen-bond acceptors (Lipinski definition) is 4. The highest BCUT2D eigenvalue weighted by atomic mass is 79.9. The van der Waals surface area contributed by atoms with E-state index < -0.39 is 5.41 Å². The molecule has 144 valence electrons. The van der Waals surface area contributed by atoms with Gasteiger partial charge in [-0.15, -0.1) is 0 Å². The predicted octanol–water partition coefficient (Wildman–Crippen LogP) is 4.24. The van der Waals surface area contributed by atoms with Gasteiger partial charge in [0, 0.05) is 38.4 Å². The van der Waals surface area contributed by atoms with E-state index in [4.69, 9.17) is 0 Å². The van der Waals surface area contributed by atoms with Crippen molar-refractivity contribution in [1.29, 1.82) is 0 Å². The minimum atomic E-state index is -0.670. The number of carbonyl (C=O) groups is 2. The normalized spacial score (nSPS) is 19.0. The fourth-order valence-electron chi connectivity index (χ4n) is 4.07. The molecule has 2 N–H and O–H groups in total. The van der Waals surface area contributed by atoms with E-state index in [-0.39, 0.29) is 11.8 Å². The number of halogens is 2. The third-order valence-corrected chi connectivity index (χ3v) is 6.31. The molecule has 1 aromatic carbocycles. The summed E-state index contributed by atoms with van der Waals surface area (Å²) in [6.07, 6.45) is 4.37. The molecule has 8 heteroatoms. The Labute approximate surface area is 183 Å². The van der Waals surface area contributed by atoms with Crippen molar-refractivity contribution in [2.24, 2.45) is 0 Å². The maximum absolute atomic E-state index is 12.8. The molecule has 0 bridgehead atoms. The van der Waals surface area contributed by atoms with Crippen LogP contribution in [0.25, 0.3) is 0 Å². The number of rotatable bonds is 2. The van der Waals surface area contributed by atoms with E-state index in [9.17, 15) is 9.59 Å². The van der Waals surface area contributed by atoms with Crippen LogP contribution in [0.1, 0.15) is 27.2 Å².